The van der Waals surface area contributed by atoms with Crippen LogP contribution in [0, 0.1) is 11.8 Å². The fourth-order valence-electron chi connectivity index (χ4n) is 2.25. The van der Waals surface area contributed by atoms with E-state index in [-0.39, 0.29) is 0 Å². The van der Waals surface area contributed by atoms with Crippen LogP contribution in [-0.2, 0) is 0 Å². The van der Waals surface area contributed by atoms with Gasteiger partial charge in [0.15, 0.2) is 0 Å². The molecule has 1 saturated carbocycles. The van der Waals surface area contributed by atoms with Crippen molar-refractivity contribution < 1.29 is 5.11 Å². The lowest BCUT2D eigenvalue weighted by molar-refractivity contribution is 0.199. The number of nitrogens with one attached hydrogen (secondary N) is 1. The average Bonchev–Trinajstić information content (AvgIpc) is 2.75. The first-order valence-electron chi connectivity index (χ1n) is 5.51. The molecule has 1 heterocycles. The van der Waals surface area contributed by atoms with Gasteiger partial charge < -0.3 is 10.4 Å². The molecule has 1 aromatic heterocycles. The third-order valence-corrected chi connectivity index (χ3v) is 3.16. The second-order valence-electron chi connectivity index (χ2n) is 4.11. The number of hydrogen-bond donors (Lipinski definition) is 2. The van der Waals surface area contributed by atoms with Crippen molar-refractivity contribution >= 4 is 5.82 Å². The van der Waals surface area contributed by atoms with Crippen LogP contribution < -0.4 is 5.32 Å². The number of nitrogens with zero attached hydrogens (tertiary/aromatic N) is 2. The molecule has 4 heteroatoms. The Hall–Kier alpha value is -1.16. The highest BCUT2D eigenvalue weighted by atomic mass is 16.3. The summed E-state index contributed by atoms with van der Waals surface area (Å²) in [6.45, 7) is 1.21. The molecule has 2 rings (SSSR count). The van der Waals surface area contributed by atoms with Gasteiger partial charge in [0.1, 0.15) is 5.82 Å². The molecule has 1 aliphatic rings. The smallest absolute Gasteiger partial charge is 0.144 e. The molecule has 82 valence electrons. The van der Waals surface area contributed by atoms with Crippen LogP contribution >= 0.6 is 0 Å². The summed E-state index contributed by atoms with van der Waals surface area (Å²) in [4.78, 5) is 8.15. The van der Waals surface area contributed by atoms with Crippen molar-refractivity contribution in [3.8, 4) is 0 Å². The van der Waals surface area contributed by atoms with Crippen molar-refractivity contribution in [2.24, 2.45) is 11.8 Å². The molecule has 0 amide bonds. The Bertz CT molecular complexity index is 291. The quantitative estimate of drug-likeness (QED) is 0.781. The largest absolute Gasteiger partial charge is 0.396 e. The summed E-state index contributed by atoms with van der Waals surface area (Å²) < 4.78 is 0. The van der Waals surface area contributed by atoms with Gasteiger partial charge in [0.05, 0.1) is 6.20 Å². The van der Waals surface area contributed by atoms with E-state index in [1.165, 1.54) is 12.8 Å². The average molecular weight is 207 g/mol. The minimum Gasteiger partial charge on any atom is -0.396 e. The zero-order valence-corrected chi connectivity index (χ0v) is 8.76. The lowest BCUT2D eigenvalue weighted by atomic mass is 9.97. The van der Waals surface area contributed by atoms with Crippen LogP contribution in [0.5, 0.6) is 0 Å². The molecule has 0 bridgehead atoms. The second kappa shape index (κ2) is 5.07. The minimum absolute atomic E-state index is 0.312. The van der Waals surface area contributed by atoms with Crippen molar-refractivity contribution in [2.45, 2.75) is 19.3 Å². The fraction of sp³-hybridized carbons (Fsp3) is 0.636. The van der Waals surface area contributed by atoms with E-state index in [1.807, 2.05) is 0 Å². The summed E-state index contributed by atoms with van der Waals surface area (Å²) in [5.41, 5.74) is 0. The SMILES string of the molecule is OCC1CCCC1CNc1cnccn1. The van der Waals surface area contributed by atoms with E-state index in [0.29, 0.717) is 18.4 Å². The Morgan fingerprint density at radius 2 is 2.20 bits per heavy atom. The van der Waals surface area contributed by atoms with E-state index in [2.05, 4.69) is 15.3 Å². The molecule has 0 spiro atoms. The van der Waals surface area contributed by atoms with Crippen LogP contribution in [0.25, 0.3) is 0 Å². The van der Waals surface area contributed by atoms with Crippen molar-refractivity contribution in [1.29, 1.82) is 0 Å². The van der Waals surface area contributed by atoms with Crippen molar-refractivity contribution in [2.75, 3.05) is 18.5 Å². The van der Waals surface area contributed by atoms with Crippen LogP contribution in [-0.4, -0.2) is 28.2 Å². The number of rotatable bonds is 4. The van der Waals surface area contributed by atoms with Crippen LogP contribution in [0.2, 0.25) is 0 Å². The van der Waals surface area contributed by atoms with E-state index in [1.54, 1.807) is 18.6 Å². The Balaban J connectivity index is 1.83. The van der Waals surface area contributed by atoms with Gasteiger partial charge in [-0.3, -0.25) is 4.98 Å². The van der Waals surface area contributed by atoms with Crippen molar-refractivity contribution in [1.82, 2.24) is 9.97 Å². The van der Waals surface area contributed by atoms with Gasteiger partial charge in [-0.2, -0.15) is 0 Å². The highest BCUT2D eigenvalue weighted by Crippen LogP contribution is 2.31. The Kier molecular flexibility index (Phi) is 3.50. The number of anilines is 1. The molecule has 0 radical (unpaired) electrons. The molecule has 1 fully saturated rings. The molecule has 0 aliphatic heterocycles. The van der Waals surface area contributed by atoms with E-state index < -0.39 is 0 Å². The Morgan fingerprint density at radius 1 is 1.33 bits per heavy atom. The summed E-state index contributed by atoms with van der Waals surface area (Å²) in [5, 5.41) is 12.4. The first-order chi connectivity index (χ1) is 7.40. The normalized spacial score (nSPS) is 25.4. The van der Waals surface area contributed by atoms with E-state index in [0.717, 1.165) is 18.8 Å². The Labute approximate surface area is 89.8 Å². The maximum absolute atomic E-state index is 9.18. The monoisotopic (exact) mass is 207 g/mol. The van der Waals surface area contributed by atoms with Crippen LogP contribution in [0.4, 0.5) is 5.82 Å². The van der Waals surface area contributed by atoms with Gasteiger partial charge >= 0.3 is 0 Å². The number of aromatic nitrogens is 2. The minimum atomic E-state index is 0.312. The molecule has 4 nitrogen and oxygen atoms in total. The van der Waals surface area contributed by atoms with E-state index >= 15 is 0 Å². The molecule has 15 heavy (non-hydrogen) atoms. The van der Waals surface area contributed by atoms with Gasteiger partial charge in [-0.25, -0.2) is 4.98 Å². The summed E-state index contributed by atoms with van der Waals surface area (Å²) in [6.07, 6.45) is 8.67. The van der Waals surface area contributed by atoms with Crippen LogP contribution in [0.1, 0.15) is 19.3 Å². The lowest BCUT2D eigenvalue weighted by Crippen LogP contribution is -2.21. The summed E-state index contributed by atoms with van der Waals surface area (Å²) in [5.74, 6) is 1.87. The molecule has 1 aliphatic carbocycles. The van der Waals surface area contributed by atoms with E-state index in [9.17, 15) is 5.11 Å². The first kappa shape index (κ1) is 10.4. The van der Waals surface area contributed by atoms with Crippen molar-refractivity contribution in [3.05, 3.63) is 18.6 Å². The van der Waals surface area contributed by atoms with Gasteiger partial charge in [0.2, 0.25) is 0 Å². The maximum Gasteiger partial charge on any atom is 0.144 e. The molecule has 0 aromatic carbocycles. The summed E-state index contributed by atoms with van der Waals surface area (Å²) >= 11 is 0. The topological polar surface area (TPSA) is 58.0 Å². The molecule has 2 atom stereocenters. The molecular formula is C11H17N3O. The van der Waals surface area contributed by atoms with E-state index in [4.69, 9.17) is 0 Å². The summed E-state index contributed by atoms with van der Waals surface area (Å²) in [6, 6.07) is 0. The fourth-order valence-corrected chi connectivity index (χ4v) is 2.25. The van der Waals surface area contributed by atoms with Gasteiger partial charge in [-0.05, 0) is 24.7 Å². The zero-order chi connectivity index (χ0) is 10.5. The third-order valence-electron chi connectivity index (χ3n) is 3.16. The van der Waals surface area contributed by atoms with Crippen LogP contribution in [0.15, 0.2) is 18.6 Å². The highest BCUT2D eigenvalue weighted by molar-refractivity contribution is 5.29. The zero-order valence-electron chi connectivity index (χ0n) is 8.76. The number of aliphatic hydroxyl groups is 1. The number of aliphatic hydroxyl groups excluding tert-OH is 1. The molecular weight excluding hydrogens is 190 g/mol. The molecule has 2 unspecified atom stereocenters. The standard InChI is InChI=1S/C11H17N3O/c15-8-10-3-1-2-9(10)6-14-11-7-12-4-5-13-11/h4-5,7,9-10,15H,1-3,6,8H2,(H,13,14). The first-order valence-corrected chi connectivity index (χ1v) is 5.51. The maximum atomic E-state index is 9.18. The lowest BCUT2D eigenvalue weighted by Gasteiger charge is -2.17. The number of hydrogen-bond acceptors (Lipinski definition) is 4. The van der Waals surface area contributed by atoms with Gasteiger partial charge in [0.25, 0.3) is 0 Å². The van der Waals surface area contributed by atoms with Gasteiger partial charge in [-0.15, -0.1) is 0 Å². The second-order valence-corrected chi connectivity index (χ2v) is 4.11. The predicted octanol–water partition coefficient (Wildman–Crippen LogP) is 1.30. The van der Waals surface area contributed by atoms with Gasteiger partial charge in [0, 0.05) is 25.5 Å². The van der Waals surface area contributed by atoms with Gasteiger partial charge in [-0.1, -0.05) is 6.42 Å². The highest BCUT2D eigenvalue weighted by Gasteiger charge is 2.26. The van der Waals surface area contributed by atoms with Crippen LogP contribution in [0.3, 0.4) is 0 Å². The molecule has 1 aromatic rings. The third kappa shape index (κ3) is 2.65. The summed E-state index contributed by atoms with van der Waals surface area (Å²) in [7, 11) is 0. The molecule has 0 saturated heterocycles. The predicted molar refractivity (Wildman–Crippen MR) is 58.4 cm³/mol. The van der Waals surface area contributed by atoms with Crippen molar-refractivity contribution in [3.63, 3.8) is 0 Å². The molecule has 2 N–H and O–H groups in total. The Morgan fingerprint density at radius 3 is 2.93 bits per heavy atom.